The van der Waals surface area contributed by atoms with Crippen LogP contribution >= 0.6 is 0 Å². The van der Waals surface area contributed by atoms with Crippen molar-refractivity contribution in [2.24, 2.45) is 11.8 Å². The molecule has 0 aliphatic carbocycles. The number of nitrogens with one attached hydrogen (secondary N) is 1. The van der Waals surface area contributed by atoms with Gasteiger partial charge in [-0.25, -0.2) is 0 Å². The van der Waals surface area contributed by atoms with Crippen molar-refractivity contribution in [2.45, 2.75) is 39.7 Å². The molecule has 1 N–H and O–H groups in total. The maximum absolute atomic E-state index is 5.38. The molecule has 0 aromatic heterocycles. The first-order valence-electron chi connectivity index (χ1n) is 5.32. The van der Waals surface area contributed by atoms with E-state index < -0.39 is 0 Å². The first kappa shape index (κ1) is 11.0. The number of rotatable bonds is 3. The molecular formula is C11H23NO. The van der Waals surface area contributed by atoms with Crippen LogP contribution in [0.1, 0.15) is 34.1 Å². The average Bonchev–Trinajstić information content (AvgIpc) is 2.50. The van der Waals surface area contributed by atoms with Crippen molar-refractivity contribution in [3.05, 3.63) is 0 Å². The summed E-state index contributed by atoms with van der Waals surface area (Å²) in [5.41, 5.74) is 0.244. The van der Waals surface area contributed by atoms with Gasteiger partial charge in [-0.1, -0.05) is 6.92 Å². The second kappa shape index (κ2) is 4.43. The zero-order valence-corrected chi connectivity index (χ0v) is 9.39. The molecule has 1 rings (SSSR count). The predicted molar refractivity (Wildman–Crippen MR) is 55.8 cm³/mol. The fraction of sp³-hybridized carbons (Fsp3) is 1.00. The van der Waals surface area contributed by atoms with Crippen LogP contribution in [0.25, 0.3) is 0 Å². The minimum absolute atomic E-state index is 0.244. The molecule has 1 aliphatic rings. The van der Waals surface area contributed by atoms with E-state index in [0.717, 1.165) is 31.6 Å². The Morgan fingerprint density at radius 2 is 2.15 bits per heavy atom. The minimum atomic E-state index is 0.244. The summed E-state index contributed by atoms with van der Waals surface area (Å²) in [6.07, 6.45) is 1.24. The molecule has 0 amide bonds. The van der Waals surface area contributed by atoms with E-state index in [-0.39, 0.29) is 5.54 Å². The Labute approximate surface area is 82.0 Å². The number of hydrogen-bond acceptors (Lipinski definition) is 2. The van der Waals surface area contributed by atoms with Gasteiger partial charge in [-0.15, -0.1) is 0 Å². The molecule has 0 bridgehead atoms. The van der Waals surface area contributed by atoms with Crippen molar-refractivity contribution >= 4 is 0 Å². The summed E-state index contributed by atoms with van der Waals surface area (Å²) in [5, 5.41) is 3.54. The van der Waals surface area contributed by atoms with E-state index in [1.807, 2.05) is 0 Å². The fourth-order valence-corrected chi connectivity index (χ4v) is 1.64. The van der Waals surface area contributed by atoms with Crippen LogP contribution < -0.4 is 5.32 Å². The Morgan fingerprint density at radius 1 is 1.46 bits per heavy atom. The Morgan fingerprint density at radius 3 is 2.62 bits per heavy atom. The summed E-state index contributed by atoms with van der Waals surface area (Å²) in [5.74, 6) is 1.51. The highest BCUT2D eigenvalue weighted by atomic mass is 16.5. The molecule has 1 saturated heterocycles. The van der Waals surface area contributed by atoms with Crippen molar-refractivity contribution < 1.29 is 4.74 Å². The van der Waals surface area contributed by atoms with E-state index in [1.54, 1.807) is 0 Å². The molecule has 1 heterocycles. The van der Waals surface area contributed by atoms with Gasteiger partial charge in [-0.2, -0.15) is 0 Å². The molecule has 2 atom stereocenters. The molecule has 0 spiro atoms. The van der Waals surface area contributed by atoms with Gasteiger partial charge in [0.1, 0.15) is 0 Å². The zero-order chi connectivity index (χ0) is 9.90. The Kier molecular flexibility index (Phi) is 3.74. The maximum atomic E-state index is 5.38. The average molecular weight is 185 g/mol. The van der Waals surface area contributed by atoms with Gasteiger partial charge in [0.05, 0.1) is 0 Å². The zero-order valence-electron chi connectivity index (χ0n) is 9.39. The molecule has 0 aromatic carbocycles. The van der Waals surface area contributed by atoms with Crippen LogP contribution in [-0.4, -0.2) is 25.3 Å². The second-order valence-electron chi connectivity index (χ2n) is 5.23. The van der Waals surface area contributed by atoms with Crippen LogP contribution in [0.2, 0.25) is 0 Å². The summed E-state index contributed by atoms with van der Waals surface area (Å²) >= 11 is 0. The first-order valence-corrected chi connectivity index (χ1v) is 5.32. The minimum Gasteiger partial charge on any atom is -0.381 e. The van der Waals surface area contributed by atoms with Gasteiger partial charge < -0.3 is 10.1 Å². The molecule has 1 aliphatic heterocycles. The van der Waals surface area contributed by atoms with Crippen molar-refractivity contribution in [3.8, 4) is 0 Å². The first-order chi connectivity index (χ1) is 5.99. The van der Waals surface area contributed by atoms with Crippen molar-refractivity contribution in [1.82, 2.24) is 5.32 Å². The highest BCUT2D eigenvalue weighted by Gasteiger charge is 2.23. The second-order valence-corrected chi connectivity index (χ2v) is 5.23. The monoisotopic (exact) mass is 185 g/mol. The Hall–Kier alpha value is -0.0800. The molecule has 0 aromatic rings. The lowest BCUT2D eigenvalue weighted by atomic mass is 9.92. The summed E-state index contributed by atoms with van der Waals surface area (Å²) in [7, 11) is 0. The van der Waals surface area contributed by atoms with Gasteiger partial charge in [0.2, 0.25) is 0 Å². The van der Waals surface area contributed by atoms with E-state index in [1.165, 1.54) is 6.42 Å². The number of ether oxygens (including phenoxy) is 1. The molecular weight excluding hydrogens is 162 g/mol. The van der Waals surface area contributed by atoms with E-state index in [9.17, 15) is 0 Å². The van der Waals surface area contributed by atoms with E-state index in [0.29, 0.717) is 0 Å². The van der Waals surface area contributed by atoms with E-state index in [4.69, 9.17) is 4.74 Å². The van der Waals surface area contributed by atoms with Gasteiger partial charge in [0, 0.05) is 18.8 Å². The van der Waals surface area contributed by atoms with E-state index in [2.05, 4.69) is 33.0 Å². The molecule has 78 valence electrons. The van der Waals surface area contributed by atoms with E-state index >= 15 is 0 Å². The van der Waals surface area contributed by atoms with Crippen molar-refractivity contribution in [1.29, 1.82) is 0 Å². The maximum Gasteiger partial charge on any atom is 0.0498 e. The smallest absolute Gasteiger partial charge is 0.0498 e. The lowest BCUT2D eigenvalue weighted by Crippen LogP contribution is -2.40. The summed E-state index contributed by atoms with van der Waals surface area (Å²) in [6, 6.07) is 0. The lowest BCUT2D eigenvalue weighted by Gasteiger charge is -2.25. The van der Waals surface area contributed by atoms with Crippen molar-refractivity contribution in [2.75, 3.05) is 19.8 Å². The highest BCUT2D eigenvalue weighted by Crippen LogP contribution is 2.21. The molecule has 2 heteroatoms. The largest absolute Gasteiger partial charge is 0.381 e. The number of hydrogen-bond donors (Lipinski definition) is 1. The van der Waals surface area contributed by atoms with Gasteiger partial charge in [0.15, 0.2) is 0 Å². The predicted octanol–water partition coefficient (Wildman–Crippen LogP) is 2.05. The quantitative estimate of drug-likeness (QED) is 0.726. The standard InChI is InChI=1S/C11H23NO/c1-9(7-12-11(2,3)4)10-5-6-13-8-10/h9-10,12H,5-8H2,1-4H3. The van der Waals surface area contributed by atoms with Crippen LogP contribution in [0.3, 0.4) is 0 Å². The summed E-state index contributed by atoms with van der Waals surface area (Å²) in [4.78, 5) is 0. The molecule has 1 fully saturated rings. The summed E-state index contributed by atoms with van der Waals surface area (Å²) < 4.78 is 5.38. The molecule has 2 nitrogen and oxygen atoms in total. The van der Waals surface area contributed by atoms with Gasteiger partial charge in [-0.3, -0.25) is 0 Å². The lowest BCUT2D eigenvalue weighted by molar-refractivity contribution is 0.172. The van der Waals surface area contributed by atoms with Crippen LogP contribution in [0.15, 0.2) is 0 Å². The highest BCUT2D eigenvalue weighted by molar-refractivity contribution is 4.76. The van der Waals surface area contributed by atoms with Crippen molar-refractivity contribution in [3.63, 3.8) is 0 Å². The molecule has 0 radical (unpaired) electrons. The third kappa shape index (κ3) is 4.10. The van der Waals surface area contributed by atoms with Gasteiger partial charge >= 0.3 is 0 Å². The molecule has 0 saturated carbocycles. The molecule has 2 unspecified atom stereocenters. The summed E-state index contributed by atoms with van der Waals surface area (Å²) in [6.45, 7) is 12.0. The van der Waals surface area contributed by atoms with Gasteiger partial charge in [0.25, 0.3) is 0 Å². The van der Waals surface area contributed by atoms with Gasteiger partial charge in [-0.05, 0) is 45.6 Å². The fourth-order valence-electron chi connectivity index (χ4n) is 1.64. The normalized spacial score (nSPS) is 26.3. The van der Waals surface area contributed by atoms with Crippen LogP contribution in [-0.2, 0) is 4.74 Å². The SMILES string of the molecule is CC(CNC(C)(C)C)C1CCOC1. The Bertz CT molecular complexity index is 145. The molecule has 13 heavy (non-hydrogen) atoms. The third-order valence-electron chi connectivity index (χ3n) is 2.72. The van der Waals surface area contributed by atoms with Crippen LogP contribution in [0, 0.1) is 11.8 Å². The third-order valence-corrected chi connectivity index (χ3v) is 2.72. The van der Waals surface area contributed by atoms with Crippen LogP contribution in [0.4, 0.5) is 0 Å². The van der Waals surface area contributed by atoms with Crippen LogP contribution in [0.5, 0.6) is 0 Å². The topological polar surface area (TPSA) is 21.3 Å². The Balaban J connectivity index is 2.20.